The summed E-state index contributed by atoms with van der Waals surface area (Å²) in [6.07, 6.45) is 1.58. The van der Waals surface area contributed by atoms with E-state index < -0.39 is 11.6 Å². The Morgan fingerprint density at radius 3 is 2.22 bits per heavy atom. The zero-order valence-corrected chi connectivity index (χ0v) is 12.2. The number of nitrogens with zero attached hydrogens (tertiary/aromatic N) is 2. The Bertz CT molecular complexity index is 837. The third kappa shape index (κ3) is 3.42. The molecule has 0 spiro atoms. The van der Waals surface area contributed by atoms with Gasteiger partial charge in [0.1, 0.15) is 23.1 Å². The molecule has 0 saturated carbocycles. The van der Waals surface area contributed by atoms with Crippen LogP contribution in [0.25, 0.3) is 11.3 Å². The Balaban J connectivity index is 1.79. The molecule has 0 amide bonds. The summed E-state index contributed by atoms with van der Waals surface area (Å²) in [6.45, 7) is 1.42. The van der Waals surface area contributed by atoms with E-state index in [0.717, 1.165) is 23.8 Å². The molecule has 0 aliphatic rings. The largest absolute Gasteiger partial charge is 0.457 e. The van der Waals surface area contributed by atoms with Gasteiger partial charge in [0.2, 0.25) is 5.91 Å². The lowest BCUT2D eigenvalue weighted by Crippen LogP contribution is -2.05. The van der Waals surface area contributed by atoms with E-state index in [1.165, 1.54) is 11.6 Å². The van der Waals surface area contributed by atoms with Gasteiger partial charge >= 0.3 is 0 Å². The highest BCUT2D eigenvalue weighted by molar-refractivity contribution is 5.76. The van der Waals surface area contributed by atoms with Gasteiger partial charge in [-0.25, -0.2) is 13.5 Å². The van der Waals surface area contributed by atoms with Crippen molar-refractivity contribution in [1.82, 2.24) is 9.78 Å². The molecule has 0 bridgehead atoms. The fourth-order valence-corrected chi connectivity index (χ4v) is 2.07. The first-order chi connectivity index (χ1) is 11.0. The van der Waals surface area contributed by atoms with Crippen molar-refractivity contribution in [3.63, 3.8) is 0 Å². The van der Waals surface area contributed by atoms with Crippen LogP contribution in [0.3, 0.4) is 0 Å². The molecule has 0 saturated heterocycles. The average molecular weight is 313 g/mol. The van der Waals surface area contributed by atoms with E-state index in [4.69, 9.17) is 4.74 Å². The molecule has 1 heterocycles. The fourth-order valence-electron chi connectivity index (χ4n) is 2.07. The minimum atomic E-state index is -0.702. The second-order valence-electron chi connectivity index (χ2n) is 4.90. The number of hydrogen-bond acceptors (Lipinski definition) is 3. The molecule has 116 valence electrons. The van der Waals surface area contributed by atoms with Gasteiger partial charge < -0.3 is 4.74 Å². The molecule has 4 nitrogen and oxygen atoms in total. The second-order valence-corrected chi connectivity index (χ2v) is 4.90. The van der Waals surface area contributed by atoms with Crippen LogP contribution in [0, 0.1) is 11.6 Å². The summed E-state index contributed by atoms with van der Waals surface area (Å²) in [5.41, 5.74) is 1.44. The van der Waals surface area contributed by atoms with Crippen LogP contribution < -0.4 is 4.74 Å². The zero-order valence-electron chi connectivity index (χ0n) is 12.2. The van der Waals surface area contributed by atoms with E-state index in [1.807, 2.05) is 0 Å². The summed E-state index contributed by atoms with van der Waals surface area (Å²) in [4.78, 5) is 11.2. The van der Waals surface area contributed by atoms with E-state index in [2.05, 4.69) is 5.10 Å². The molecule has 0 aliphatic heterocycles. The quantitative estimate of drug-likeness (QED) is 0.725. The molecule has 0 N–H and O–H groups in total. The maximum atomic E-state index is 13.1. The minimum absolute atomic E-state index is 0.0797. The third-order valence-corrected chi connectivity index (χ3v) is 3.13. The van der Waals surface area contributed by atoms with Crippen molar-refractivity contribution in [2.24, 2.45) is 0 Å². The van der Waals surface area contributed by atoms with E-state index >= 15 is 0 Å². The van der Waals surface area contributed by atoms with Gasteiger partial charge in [0.05, 0.1) is 5.69 Å². The summed E-state index contributed by atoms with van der Waals surface area (Å²) in [7, 11) is 0. The van der Waals surface area contributed by atoms with E-state index in [0.29, 0.717) is 11.4 Å². The standard InChI is InChI=1S/C17H12F2N2O2/c1-11(22)21-7-6-17(20-21)12-2-4-15(5-3-12)23-16-9-13(18)8-14(19)10-16/h2-10H,1H3/i18-1. The van der Waals surface area contributed by atoms with Gasteiger partial charge in [-0.05, 0) is 30.3 Å². The van der Waals surface area contributed by atoms with Gasteiger partial charge in [-0.3, -0.25) is 4.79 Å². The molecule has 6 heteroatoms. The van der Waals surface area contributed by atoms with Crippen LogP contribution in [-0.2, 0) is 0 Å². The first-order valence-electron chi connectivity index (χ1n) is 6.82. The molecule has 1 aromatic heterocycles. The molecule has 3 aromatic rings. The third-order valence-electron chi connectivity index (χ3n) is 3.13. The van der Waals surface area contributed by atoms with Crippen molar-refractivity contribution < 1.29 is 18.3 Å². The number of carbonyl (C=O) groups is 1. The average Bonchev–Trinajstić information content (AvgIpc) is 2.97. The van der Waals surface area contributed by atoms with Gasteiger partial charge in [-0.2, -0.15) is 5.10 Å². The normalized spacial score (nSPS) is 10.6. The highest BCUT2D eigenvalue weighted by Gasteiger charge is 2.06. The molecule has 23 heavy (non-hydrogen) atoms. The number of hydrogen-bond donors (Lipinski definition) is 0. The van der Waals surface area contributed by atoms with Gasteiger partial charge in [-0.1, -0.05) is 0 Å². The summed E-state index contributed by atoms with van der Waals surface area (Å²) >= 11 is 0. The smallest absolute Gasteiger partial charge is 0.243 e. The van der Waals surface area contributed by atoms with Crippen molar-refractivity contribution in [2.45, 2.75) is 6.92 Å². The Labute approximate surface area is 130 Å². The Kier molecular flexibility index (Phi) is 3.89. The predicted molar refractivity (Wildman–Crippen MR) is 80.4 cm³/mol. The van der Waals surface area contributed by atoms with E-state index in [-0.39, 0.29) is 11.7 Å². The SMILES string of the molecule is CC(=O)n1ccc(-c2ccc(Oc3cc(F)cc([18F])c3)cc2)n1. The number of rotatable bonds is 3. The maximum Gasteiger partial charge on any atom is 0.243 e. The molecule has 0 atom stereocenters. The van der Waals surface area contributed by atoms with Gasteiger partial charge in [-0.15, -0.1) is 0 Å². The van der Waals surface area contributed by atoms with E-state index in [1.54, 1.807) is 36.5 Å². The van der Waals surface area contributed by atoms with E-state index in [9.17, 15) is 13.6 Å². The first-order valence-corrected chi connectivity index (χ1v) is 6.82. The molecule has 0 radical (unpaired) electrons. The molecule has 0 fully saturated rings. The van der Waals surface area contributed by atoms with Crippen molar-refractivity contribution >= 4 is 5.91 Å². The topological polar surface area (TPSA) is 44.1 Å². The van der Waals surface area contributed by atoms with Crippen molar-refractivity contribution in [2.75, 3.05) is 0 Å². The number of ether oxygens (including phenoxy) is 1. The lowest BCUT2D eigenvalue weighted by Gasteiger charge is -2.06. The van der Waals surface area contributed by atoms with Crippen LogP contribution in [-0.4, -0.2) is 15.7 Å². The van der Waals surface area contributed by atoms with Gasteiger partial charge in [0.15, 0.2) is 0 Å². The van der Waals surface area contributed by atoms with Crippen molar-refractivity contribution in [3.05, 3.63) is 66.4 Å². The summed E-state index contributed by atoms with van der Waals surface area (Å²) in [5.74, 6) is -1.07. The highest BCUT2D eigenvalue weighted by atomic mass is 19.1. The maximum absolute atomic E-state index is 13.1. The Hall–Kier alpha value is -3.02. The summed E-state index contributed by atoms with van der Waals surface area (Å²) in [6, 6.07) is 11.5. The summed E-state index contributed by atoms with van der Waals surface area (Å²) < 4.78 is 32.9. The minimum Gasteiger partial charge on any atom is -0.457 e. The molecule has 0 aliphatic carbocycles. The second kappa shape index (κ2) is 6.00. The first kappa shape index (κ1) is 14.9. The highest BCUT2D eigenvalue weighted by Crippen LogP contribution is 2.26. The predicted octanol–water partition coefficient (Wildman–Crippen LogP) is 4.28. The van der Waals surface area contributed by atoms with Crippen LogP contribution in [0.4, 0.5) is 8.78 Å². The molecule has 2 aromatic carbocycles. The number of benzene rings is 2. The lowest BCUT2D eigenvalue weighted by molar-refractivity contribution is 0.0921. The molecule has 3 rings (SSSR count). The van der Waals surface area contributed by atoms with Crippen molar-refractivity contribution in [1.29, 1.82) is 0 Å². The Morgan fingerprint density at radius 1 is 1.00 bits per heavy atom. The monoisotopic (exact) mass is 313 g/mol. The van der Waals surface area contributed by atoms with Crippen LogP contribution >= 0.6 is 0 Å². The number of aromatic nitrogens is 2. The van der Waals surface area contributed by atoms with Crippen LogP contribution in [0.15, 0.2) is 54.7 Å². The fraction of sp³-hybridized carbons (Fsp3) is 0.0588. The molecular formula is C17H12F2N2O2. The van der Waals surface area contributed by atoms with Crippen LogP contribution in [0.2, 0.25) is 0 Å². The van der Waals surface area contributed by atoms with Crippen molar-refractivity contribution in [3.8, 4) is 22.8 Å². The number of carbonyl (C=O) groups excluding carboxylic acids is 1. The molecule has 0 unspecified atom stereocenters. The van der Waals surface area contributed by atoms with Crippen LogP contribution in [0.5, 0.6) is 11.5 Å². The molecular weight excluding hydrogens is 301 g/mol. The van der Waals surface area contributed by atoms with Gasteiger partial charge in [0, 0.05) is 36.9 Å². The summed E-state index contributed by atoms with van der Waals surface area (Å²) in [5, 5.41) is 4.14. The van der Waals surface area contributed by atoms with Gasteiger partial charge in [0.25, 0.3) is 0 Å². The zero-order chi connectivity index (χ0) is 16.4. The van der Waals surface area contributed by atoms with Crippen LogP contribution in [0.1, 0.15) is 11.7 Å². The lowest BCUT2D eigenvalue weighted by atomic mass is 10.1. The number of halogens is 2. The Morgan fingerprint density at radius 2 is 1.65 bits per heavy atom.